The zero-order valence-corrected chi connectivity index (χ0v) is 16.6. The number of methoxy groups -OCH3 is 1. The van der Waals surface area contributed by atoms with Gasteiger partial charge in [-0.15, -0.1) is 0 Å². The lowest BCUT2D eigenvalue weighted by molar-refractivity contribution is -0.105. The Hall–Kier alpha value is -2.43. The van der Waals surface area contributed by atoms with E-state index >= 15 is 0 Å². The van der Waals surface area contributed by atoms with Gasteiger partial charge < -0.3 is 23.7 Å². The first-order valence-electron chi connectivity index (χ1n) is 9.42. The van der Waals surface area contributed by atoms with Gasteiger partial charge in [0.1, 0.15) is 37.7 Å². The van der Waals surface area contributed by atoms with Gasteiger partial charge in [-0.3, -0.25) is 0 Å². The second-order valence-electron chi connectivity index (χ2n) is 6.11. The van der Waals surface area contributed by atoms with E-state index in [2.05, 4.69) is 11.8 Å². The summed E-state index contributed by atoms with van der Waals surface area (Å²) < 4.78 is 40.2. The van der Waals surface area contributed by atoms with Gasteiger partial charge >= 0.3 is 0 Å². The van der Waals surface area contributed by atoms with Gasteiger partial charge in [0.25, 0.3) is 0 Å². The van der Waals surface area contributed by atoms with Gasteiger partial charge in [0.15, 0.2) is 0 Å². The molecule has 0 aliphatic heterocycles. The maximum atomic E-state index is 13.0. The molecule has 2 rings (SSSR count). The standard InChI is InChI=1S/C23H27FO5/c1-25-15-16-27-19-29-23(18-28-22-12-10-21(24)11-13-22)9-5-6-14-26-17-20-7-3-2-4-8-20/h2-4,7-8,10-13,23H,9,14-19H2,1H3/t23-/m1/s1. The normalized spacial score (nSPS) is 11.5. The Morgan fingerprint density at radius 1 is 0.931 bits per heavy atom. The molecule has 0 fully saturated rings. The van der Waals surface area contributed by atoms with Crippen LogP contribution in [0.3, 0.4) is 0 Å². The quantitative estimate of drug-likeness (QED) is 0.290. The fourth-order valence-corrected chi connectivity index (χ4v) is 2.26. The van der Waals surface area contributed by atoms with E-state index in [1.165, 1.54) is 12.1 Å². The highest BCUT2D eigenvalue weighted by Gasteiger charge is 2.09. The summed E-state index contributed by atoms with van der Waals surface area (Å²) in [5, 5.41) is 0. The molecular formula is C23H27FO5. The Bertz CT molecular complexity index is 724. The van der Waals surface area contributed by atoms with Crippen molar-refractivity contribution in [2.24, 2.45) is 0 Å². The van der Waals surface area contributed by atoms with Crippen molar-refractivity contribution in [2.75, 3.05) is 40.3 Å². The van der Waals surface area contributed by atoms with Crippen molar-refractivity contribution in [1.82, 2.24) is 0 Å². The average molecular weight is 402 g/mol. The number of halogens is 1. The number of hydrogen-bond acceptors (Lipinski definition) is 5. The van der Waals surface area contributed by atoms with Gasteiger partial charge in [0, 0.05) is 13.5 Å². The van der Waals surface area contributed by atoms with E-state index in [0.29, 0.717) is 38.6 Å². The second kappa shape index (κ2) is 14.6. The number of ether oxygens (including phenoxy) is 5. The summed E-state index contributed by atoms with van der Waals surface area (Å²) in [6.45, 7) is 2.20. The van der Waals surface area contributed by atoms with E-state index in [1.807, 2.05) is 30.3 Å². The Balaban J connectivity index is 1.73. The zero-order valence-electron chi connectivity index (χ0n) is 16.6. The van der Waals surface area contributed by atoms with Gasteiger partial charge in [-0.25, -0.2) is 4.39 Å². The van der Waals surface area contributed by atoms with Crippen molar-refractivity contribution in [3.05, 3.63) is 66.0 Å². The lowest BCUT2D eigenvalue weighted by atomic mass is 10.2. The molecule has 0 spiro atoms. The van der Waals surface area contributed by atoms with Crippen LogP contribution in [-0.2, 0) is 25.6 Å². The van der Waals surface area contributed by atoms with Crippen molar-refractivity contribution in [3.8, 4) is 17.6 Å². The van der Waals surface area contributed by atoms with Crippen molar-refractivity contribution in [3.63, 3.8) is 0 Å². The summed E-state index contributed by atoms with van der Waals surface area (Å²) in [7, 11) is 1.61. The maximum absolute atomic E-state index is 13.0. The SMILES string of the molecule is COCCOCO[C@H](CC#CCOCc1ccccc1)COc1ccc(F)cc1. The second-order valence-corrected chi connectivity index (χ2v) is 6.11. The molecule has 0 aromatic heterocycles. The maximum Gasteiger partial charge on any atom is 0.147 e. The Labute approximate surface area is 171 Å². The van der Waals surface area contributed by atoms with Crippen molar-refractivity contribution >= 4 is 0 Å². The van der Waals surface area contributed by atoms with Crippen LogP contribution < -0.4 is 4.74 Å². The Morgan fingerprint density at radius 3 is 2.48 bits per heavy atom. The van der Waals surface area contributed by atoms with Crippen molar-refractivity contribution in [1.29, 1.82) is 0 Å². The van der Waals surface area contributed by atoms with Gasteiger partial charge in [0.05, 0.1) is 19.8 Å². The fraction of sp³-hybridized carbons (Fsp3) is 0.391. The fourth-order valence-electron chi connectivity index (χ4n) is 2.26. The van der Waals surface area contributed by atoms with E-state index in [9.17, 15) is 4.39 Å². The van der Waals surface area contributed by atoms with Crippen molar-refractivity contribution < 1.29 is 28.1 Å². The predicted octanol–water partition coefficient (Wildman–Crippen LogP) is 3.82. The monoisotopic (exact) mass is 402 g/mol. The molecule has 0 saturated heterocycles. The van der Waals surface area contributed by atoms with Crippen LogP contribution in [0.1, 0.15) is 12.0 Å². The van der Waals surface area contributed by atoms with Crippen molar-refractivity contribution in [2.45, 2.75) is 19.1 Å². The topological polar surface area (TPSA) is 46.2 Å². The zero-order chi connectivity index (χ0) is 20.6. The highest BCUT2D eigenvalue weighted by atomic mass is 19.1. The molecule has 5 nitrogen and oxygen atoms in total. The minimum Gasteiger partial charge on any atom is -0.491 e. The molecule has 0 N–H and O–H groups in total. The first-order valence-corrected chi connectivity index (χ1v) is 9.42. The van der Waals surface area contributed by atoms with E-state index in [4.69, 9.17) is 23.7 Å². The van der Waals surface area contributed by atoms with Gasteiger partial charge in [0.2, 0.25) is 0 Å². The number of rotatable bonds is 13. The van der Waals surface area contributed by atoms with Crippen LogP contribution in [0.5, 0.6) is 5.75 Å². The molecule has 0 bridgehead atoms. The third kappa shape index (κ3) is 10.6. The minimum atomic E-state index is -0.307. The Morgan fingerprint density at radius 2 is 1.72 bits per heavy atom. The molecule has 0 saturated carbocycles. The van der Waals surface area contributed by atoms with Crippen LogP contribution in [0.2, 0.25) is 0 Å². The summed E-state index contributed by atoms with van der Waals surface area (Å²) in [6, 6.07) is 15.8. The van der Waals surface area contributed by atoms with Gasteiger partial charge in [-0.2, -0.15) is 0 Å². The van der Waals surface area contributed by atoms with Gasteiger partial charge in [-0.05, 0) is 29.8 Å². The molecule has 0 amide bonds. The third-order valence-corrected chi connectivity index (χ3v) is 3.81. The molecule has 0 aliphatic carbocycles. The van der Waals surface area contributed by atoms with Crippen LogP contribution in [0.25, 0.3) is 0 Å². The third-order valence-electron chi connectivity index (χ3n) is 3.81. The summed E-state index contributed by atoms with van der Waals surface area (Å²) in [4.78, 5) is 0. The van der Waals surface area contributed by atoms with Crippen LogP contribution in [-0.4, -0.2) is 46.4 Å². The molecule has 1 atom stereocenters. The van der Waals surface area contributed by atoms with Crippen LogP contribution in [0.4, 0.5) is 4.39 Å². The van der Waals surface area contributed by atoms with E-state index in [0.717, 1.165) is 5.56 Å². The molecule has 2 aromatic carbocycles. The highest BCUT2D eigenvalue weighted by molar-refractivity contribution is 5.22. The van der Waals surface area contributed by atoms with Crippen LogP contribution in [0, 0.1) is 17.7 Å². The lowest BCUT2D eigenvalue weighted by Gasteiger charge is -2.16. The van der Waals surface area contributed by atoms with E-state index < -0.39 is 0 Å². The first-order chi connectivity index (χ1) is 14.3. The number of benzene rings is 2. The molecule has 0 aliphatic rings. The average Bonchev–Trinajstić information content (AvgIpc) is 2.75. The molecule has 0 radical (unpaired) electrons. The van der Waals surface area contributed by atoms with Gasteiger partial charge in [-0.1, -0.05) is 42.2 Å². The van der Waals surface area contributed by atoms with Crippen LogP contribution >= 0.6 is 0 Å². The molecule has 0 heterocycles. The highest BCUT2D eigenvalue weighted by Crippen LogP contribution is 2.12. The first kappa shape index (κ1) is 22.9. The summed E-state index contributed by atoms with van der Waals surface area (Å²) in [5.41, 5.74) is 1.11. The molecular weight excluding hydrogens is 375 g/mol. The number of hydrogen-bond donors (Lipinski definition) is 0. The summed E-state index contributed by atoms with van der Waals surface area (Å²) in [6.07, 6.45) is 0.174. The minimum absolute atomic E-state index is 0.118. The summed E-state index contributed by atoms with van der Waals surface area (Å²) >= 11 is 0. The molecule has 29 heavy (non-hydrogen) atoms. The lowest BCUT2D eigenvalue weighted by Crippen LogP contribution is -2.23. The van der Waals surface area contributed by atoms with E-state index in [-0.39, 0.29) is 25.3 Å². The predicted molar refractivity (Wildman–Crippen MR) is 108 cm³/mol. The van der Waals surface area contributed by atoms with Crippen LogP contribution in [0.15, 0.2) is 54.6 Å². The molecule has 2 aromatic rings. The largest absolute Gasteiger partial charge is 0.491 e. The molecule has 0 unspecified atom stereocenters. The molecule has 156 valence electrons. The Kier molecular flexibility index (Phi) is 11.5. The van der Waals surface area contributed by atoms with E-state index in [1.54, 1.807) is 19.2 Å². The molecule has 6 heteroatoms. The summed E-state index contributed by atoms with van der Waals surface area (Å²) in [5.74, 6) is 6.29. The smallest absolute Gasteiger partial charge is 0.147 e.